The number of hydrogen-bond donors (Lipinski definition) is 1. The van der Waals surface area contributed by atoms with Gasteiger partial charge in [-0.25, -0.2) is 5.43 Å². The molecule has 0 aliphatic carbocycles. The molecule has 2 fully saturated rings. The number of hydrazine groups is 1. The van der Waals surface area contributed by atoms with Crippen LogP contribution in [0, 0.1) is 5.92 Å². The molecule has 0 bridgehead atoms. The second-order valence-corrected chi connectivity index (χ2v) is 7.45. The number of carbonyl (C=O) groups excluding carboxylic acids is 2. The van der Waals surface area contributed by atoms with E-state index in [2.05, 4.69) is 17.6 Å². The molecular formula is C21H35N3O2. The van der Waals surface area contributed by atoms with Gasteiger partial charge in [-0.15, -0.1) is 0 Å². The highest BCUT2D eigenvalue weighted by atomic mass is 16.2. The maximum Gasteiger partial charge on any atom is 0.242 e. The number of allylic oxidation sites excluding steroid dienone is 2. The maximum atomic E-state index is 13.3. The molecule has 0 radical (unpaired) electrons. The van der Waals surface area contributed by atoms with Gasteiger partial charge in [0.2, 0.25) is 11.8 Å². The zero-order valence-corrected chi connectivity index (χ0v) is 16.8. The van der Waals surface area contributed by atoms with Gasteiger partial charge < -0.3 is 4.90 Å². The number of nitrogens with zero attached hydrogens (tertiary/aromatic N) is 2. The quantitative estimate of drug-likeness (QED) is 0.763. The van der Waals surface area contributed by atoms with Crippen LogP contribution in [0.15, 0.2) is 23.8 Å². The summed E-state index contributed by atoms with van der Waals surface area (Å²) < 4.78 is 0. The summed E-state index contributed by atoms with van der Waals surface area (Å²) in [5, 5.41) is 1.68. The fraction of sp³-hybridized carbons (Fsp3) is 0.714. The second-order valence-electron chi connectivity index (χ2n) is 7.45. The lowest BCUT2D eigenvalue weighted by atomic mass is 9.93. The molecular weight excluding hydrogens is 326 g/mol. The Kier molecular flexibility index (Phi) is 7.88. The molecule has 5 nitrogen and oxygen atoms in total. The lowest BCUT2D eigenvalue weighted by Crippen LogP contribution is -2.60. The Morgan fingerprint density at radius 2 is 1.92 bits per heavy atom. The summed E-state index contributed by atoms with van der Waals surface area (Å²) in [6, 6.07) is -0.138. The third kappa shape index (κ3) is 4.76. The zero-order chi connectivity index (χ0) is 19.1. The summed E-state index contributed by atoms with van der Waals surface area (Å²) in [5.74, 6) is 0.229. The smallest absolute Gasteiger partial charge is 0.242 e. The number of likely N-dealkylation sites (tertiary alicyclic amines) is 1. The fourth-order valence-corrected chi connectivity index (χ4v) is 3.90. The number of nitrogens with one attached hydrogen (secondary N) is 1. The monoisotopic (exact) mass is 361 g/mol. The molecule has 1 N–H and O–H groups in total. The van der Waals surface area contributed by atoms with Gasteiger partial charge in [-0.1, -0.05) is 32.1 Å². The molecule has 0 aromatic heterocycles. The number of carbonyl (C=O) groups is 2. The van der Waals surface area contributed by atoms with Crippen molar-refractivity contribution in [1.29, 1.82) is 0 Å². The number of rotatable bonds is 5. The van der Waals surface area contributed by atoms with Crippen LogP contribution in [-0.4, -0.2) is 46.9 Å². The van der Waals surface area contributed by atoms with Gasteiger partial charge in [0.15, 0.2) is 0 Å². The molecule has 26 heavy (non-hydrogen) atoms. The lowest BCUT2D eigenvalue weighted by molar-refractivity contribution is -0.146. The molecule has 2 rings (SSSR count). The SMILES string of the molecule is CC=CC(=CC)C1CCCCN1C(=O)C1CCCN(C(=O)C(C)CC)N1. The molecule has 0 aromatic rings. The van der Waals surface area contributed by atoms with E-state index in [4.69, 9.17) is 0 Å². The summed E-state index contributed by atoms with van der Waals surface area (Å²) in [6.45, 7) is 9.52. The van der Waals surface area contributed by atoms with E-state index in [-0.39, 0.29) is 29.8 Å². The molecule has 5 heteroatoms. The van der Waals surface area contributed by atoms with Gasteiger partial charge in [-0.3, -0.25) is 14.6 Å². The molecule has 2 heterocycles. The van der Waals surface area contributed by atoms with Crippen LogP contribution < -0.4 is 5.43 Å². The first-order valence-corrected chi connectivity index (χ1v) is 10.2. The van der Waals surface area contributed by atoms with Crippen molar-refractivity contribution in [2.75, 3.05) is 13.1 Å². The van der Waals surface area contributed by atoms with Crippen LogP contribution in [-0.2, 0) is 9.59 Å². The molecule has 3 unspecified atom stereocenters. The Morgan fingerprint density at radius 1 is 1.15 bits per heavy atom. The molecule has 146 valence electrons. The van der Waals surface area contributed by atoms with Gasteiger partial charge in [0.25, 0.3) is 0 Å². The van der Waals surface area contributed by atoms with Crippen LogP contribution in [0.1, 0.15) is 66.2 Å². The predicted molar refractivity (Wildman–Crippen MR) is 105 cm³/mol. The van der Waals surface area contributed by atoms with Crippen LogP contribution in [0.2, 0.25) is 0 Å². The van der Waals surface area contributed by atoms with Crippen molar-refractivity contribution in [3.8, 4) is 0 Å². The predicted octanol–water partition coefficient (Wildman–Crippen LogP) is 3.43. The Bertz CT molecular complexity index is 555. The Morgan fingerprint density at radius 3 is 2.58 bits per heavy atom. The number of amides is 2. The van der Waals surface area contributed by atoms with Crippen molar-refractivity contribution in [3.63, 3.8) is 0 Å². The summed E-state index contributed by atoms with van der Waals surface area (Å²) in [4.78, 5) is 27.8. The normalized spacial score (nSPS) is 26.2. The minimum Gasteiger partial charge on any atom is -0.334 e. The standard InChI is InChI=1S/C21H35N3O2/c1-5-11-17(7-3)19-13-8-9-14-23(19)21(26)18-12-10-15-24(22-18)20(25)16(4)6-2/h5,7,11,16,18-19,22H,6,8-10,12-15H2,1-4H3. The first kappa shape index (κ1) is 20.7. The summed E-state index contributed by atoms with van der Waals surface area (Å²) >= 11 is 0. The van der Waals surface area contributed by atoms with Crippen molar-refractivity contribution in [2.24, 2.45) is 5.92 Å². The van der Waals surface area contributed by atoms with Crippen LogP contribution in [0.25, 0.3) is 0 Å². The van der Waals surface area contributed by atoms with E-state index in [1.54, 1.807) is 5.01 Å². The van der Waals surface area contributed by atoms with E-state index in [0.717, 1.165) is 45.1 Å². The number of hydrogen-bond acceptors (Lipinski definition) is 3. The van der Waals surface area contributed by atoms with E-state index in [1.807, 2.05) is 38.7 Å². The van der Waals surface area contributed by atoms with E-state index in [9.17, 15) is 9.59 Å². The Labute approximate surface area is 158 Å². The van der Waals surface area contributed by atoms with Gasteiger partial charge in [0, 0.05) is 19.0 Å². The highest BCUT2D eigenvalue weighted by molar-refractivity contribution is 5.84. The number of piperidine rings is 1. The largest absolute Gasteiger partial charge is 0.334 e. The maximum absolute atomic E-state index is 13.3. The van der Waals surface area contributed by atoms with Gasteiger partial charge in [-0.05, 0) is 57.9 Å². The van der Waals surface area contributed by atoms with Crippen molar-refractivity contribution < 1.29 is 9.59 Å². The van der Waals surface area contributed by atoms with E-state index >= 15 is 0 Å². The molecule has 2 amide bonds. The molecule has 3 atom stereocenters. The highest BCUT2D eigenvalue weighted by Crippen LogP contribution is 2.26. The van der Waals surface area contributed by atoms with Crippen LogP contribution in [0.5, 0.6) is 0 Å². The van der Waals surface area contributed by atoms with E-state index < -0.39 is 0 Å². The van der Waals surface area contributed by atoms with Crippen molar-refractivity contribution in [3.05, 3.63) is 23.8 Å². The third-order valence-electron chi connectivity index (χ3n) is 5.65. The molecule has 0 aromatic carbocycles. The third-order valence-corrected chi connectivity index (χ3v) is 5.65. The van der Waals surface area contributed by atoms with E-state index in [1.165, 1.54) is 5.57 Å². The molecule has 2 saturated heterocycles. The molecule has 0 spiro atoms. The first-order chi connectivity index (χ1) is 12.5. The minimum absolute atomic E-state index is 0.0107. The second kappa shape index (κ2) is 9.91. The zero-order valence-electron chi connectivity index (χ0n) is 16.8. The van der Waals surface area contributed by atoms with E-state index in [0.29, 0.717) is 6.54 Å². The van der Waals surface area contributed by atoms with Crippen molar-refractivity contribution in [2.45, 2.75) is 78.3 Å². The van der Waals surface area contributed by atoms with Crippen LogP contribution >= 0.6 is 0 Å². The van der Waals surface area contributed by atoms with Crippen molar-refractivity contribution >= 4 is 11.8 Å². The average molecular weight is 362 g/mol. The fourth-order valence-electron chi connectivity index (χ4n) is 3.90. The van der Waals surface area contributed by atoms with Gasteiger partial charge >= 0.3 is 0 Å². The van der Waals surface area contributed by atoms with Gasteiger partial charge in [0.05, 0.1) is 6.04 Å². The Hall–Kier alpha value is -1.62. The summed E-state index contributed by atoms with van der Waals surface area (Å²) in [5.41, 5.74) is 4.44. The van der Waals surface area contributed by atoms with Crippen LogP contribution in [0.4, 0.5) is 0 Å². The first-order valence-electron chi connectivity index (χ1n) is 10.2. The van der Waals surface area contributed by atoms with Gasteiger partial charge in [0.1, 0.15) is 6.04 Å². The molecule has 2 aliphatic heterocycles. The minimum atomic E-state index is -0.291. The van der Waals surface area contributed by atoms with Crippen LogP contribution in [0.3, 0.4) is 0 Å². The highest BCUT2D eigenvalue weighted by Gasteiger charge is 2.36. The molecule has 0 saturated carbocycles. The van der Waals surface area contributed by atoms with Crippen molar-refractivity contribution in [1.82, 2.24) is 15.3 Å². The van der Waals surface area contributed by atoms with Gasteiger partial charge in [-0.2, -0.15) is 0 Å². The summed E-state index contributed by atoms with van der Waals surface area (Å²) in [7, 11) is 0. The topological polar surface area (TPSA) is 52.7 Å². The average Bonchev–Trinajstić information content (AvgIpc) is 2.70. The lowest BCUT2D eigenvalue weighted by Gasteiger charge is -2.41. The Balaban J connectivity index is 2.11. The summed E-state index contributed by atoms with van der Waals surface area (Å²) in [6.07, 6.45) is 12.0. The molecule has 2 aliphatic rings.